The molecule has 1 aliphatic rings. The first kappa shape index (κ1) is 23.1. The van der Waals surface area contributed by atoms with Crippen molar-refractivity contribution in [1.29, 1.82) is 0 Å². The Morgan fingerprint density at radius 3 is 2.38 bits per heavy atom. The normalized spacial score (nSPS) is 15.0. The molecule has 9 nitrogen and oxygen atoms in total. The lowest BCUT2D eigenvalue weighted by Gasteiger charge is -2.33. The van der Waals surface area contributed by atoms with Gasteiger partial charge in [-0.05, 0) is 48.5 Å². The van der Waals surface area contributed by atoms with Crippen molar-refractivity contribution >= 4 is 33.3 Å². The number of fused-ring (bicyclic) bond motifs is 1. The average Bonchev–Trinajstić information content (AvgIpc) is 2.86. The zero-order valence-electron chi connectivity index (χ0n) is 18.2. The van der Waals surface area contributed by atoms with Gasteiger partial charge in [-0.25, -0.2) is 13.2 Å². The fraction of sp³-hybridized carbons (Fsp3) is 0.167. The number of amides is 1. The molecule has 34 heavy (non-hydrogen) atoms. The molecule has 1 aliphatic heterocycles. The van der Waals surface area contributed by atoms with Gasteiger partial charge in [0.15, 0.2) is 6.61 Å². The SMILES string of the molecule is COC(=O)[C@H]1CN(C(=O)COc2ccc(S(=O)(=O)Nc3ccccc3)cc2)c2ccccc2O1. The average molecular weight is 483 g/mol. The minimum atomic E-state index is -3.77. The molecule has 1 atom stereocenters. The van der Waals surface area contributed by atoms with E-state index in [1.165, 1.54) is 36.3 Å². The van der Waals surface area contributed by atoms with Gasteiger partial charge in [0.05, 0.1) is 24.2 Å². The molecule has 0 bridgehead atoms. The van der Waals surface area contributed by atoms with Crippen molar-refractivity contribution in [2.75, 3.05) is 29.9 Å². The van der Waals surface area contributed by atoms with E-state index in [2.05, 4.69) is 4.72 Å². The number of hydrogen-bond donors (Lipinski definition) is 1. The molecule has 3 aromatic rings. The van der Waals surface area contributed by atoms with Crippen LogP contribution in [0.4, 0.5) is 11.4 Å². The number of anilines is 2. The lowest BCUT2D eigenvalue weighted by Crippen LogP contribution is -2.48. The molecule has 0 radical (unpaired) electrons. The van der Waals surface area contributed by atoms with Crippen molar-refractivity contribution in [3.8, 4) is 11.5 Å². The molecule has 1 heterocycles. The van der Waals surface area contributed by atoms with Gasteiger partial charge in [0.2, 0.25) is 6.10 Å². The number of rotatable bonds is 7. The van der Waals surface area contributed by atoms with Gasteiger partial charge in [-0.2, -0.15) is 0 Å². The quantitative estimate of drug-likeness (QED) is 0.516. The van der Waals surface area contributed by atoms with Gasteiger partial charge in [0.25, 0.3) is 15.9 Å². The highest BCUT2D eigenvalue weighted by molar-refractivity contribution is 7.92. The third-order valence-electron chi connectivity index (χ3n) is 5.06. The fourth-order valence-corrected chi connectivity index (χ4v) is 4.44. The van der Waals surface area contributed by atoms with Crippen molar-refractivity contribution in [3.05, 3.63) is 78.9 Å². The summed E-state index contributed by atoms with van der Waals surface area (Å²) in [5.74, 6) is -0.280. The highest BCUT2D eigenvalue weighted by Gasteiger charge is 2.34. The van der Waals surface area contributed by atoms with Gasteiger partial charge in [-0.1, -0.05) is 30.3 Å². The van der Waals surface area contributed by atoms with E-state index in [-0.39, 0.29) is 18.0 Å². The highest BCUT2D eigenvalue weighted by atomic mass is 32.2. The standard InChI is InChI=1S/C24H22N2O7S/c1-31-24(28)22-15-26(20-9-5-6-10-21(20)33-22)23(27)16-32-18-11-13-19(14-12-18)34(29,30)25-17-7-3-2-4-8-17/h2-14,22,25H,15-16H2,1H3/t22-/m1/s1. The Balaban J connectivity index is 1.42. The number of para-hydroxylation sites is 3. The fourth-order valence-electron chi connectivity index (χ4n) is 3.38. The molecule has 176 valence electrons. The van der Waals surface area contributed by atoms with Crippen molar-refractivity contribution in [2.24, 2.45) is 0 Å². The van der Waals surface area contributed by atoms with E-state index in [4.69, 9.17) is 14.2 Å². The van der Waals surface area contributed by atoms with E-state index in [1.54, 1.807) is 54.6 Å². The maximum absolute atomic E-state index is 12.9. The van der Waals surface area contributed by atoms with Crippen LogP contribution in [0, 0.1) is 0 Å². The number of carbonyl (C=O) groups excluding carboxylic acids is 2. The van der Waals surface area contributed by atoms with Gasteiger partial charge >= 0.3 is 5.97 Å². The van der Waals surface area contributed by atoms with Crippen LogP contribution in [0.5, 0.6) is 11.5 Å². The lowest BCUT2D eigenvalue weighted by molar-refractivity contribution is -0.148. The zero-order chi connectivity index (χ0) is 24.1. The smallest absolute Gasteiger partial charge is 0.348 e. The largest absolute Gasteiger partial charge is 0.484 e. The van der Waals surface area contributed by atoms with Crippen molar-refractivity contribution in [2.45, 2.75) is 11.0 Å². The molecule has 0 aliphatic carbocycles. The number of esters is 1. The van der Waals surface area contributed by atoms with Crippen molar-refractivity contribution in [1.82, 2.24) is 0 Å². The molecule has 1 N–H and O–H groups in total. The van der Waals surface area contributed by atoms with Crippen LogP contribution in [-0.2, 0) is 24.3 Å². The summed E-state index contributed by atoms with van der Waals surface area (Å²) in [5.41, 5.74) is 0.967. The Bertz CT molecular complexity index is 1280. The summed E-state index contributed by atoms with van der Waals surface area (Å²) in [7, 11) is -2.52. The summed E-state index contributed by atoms with van der Waals surface area (Å²) in [6, 6.07) is 21.1. The van der Waals surface area contributed by atoms with Crippen LogP contribution in [0.25, 0.3) is 0 Å². The molecule has 3 aromatic carbocycles. The van der Waals surface area contributed by atoms with E-state index in [1.807, 2.05) is 0 Å². The number of carbonyl (C=O) groups is 2. The van der Waals surface area contributed by atoms with E-state index >= 15 is 0 Å². The van der Waals surface area contributed by atoms with Crippen LogP contribution in [0.3, 0.4) is 0 Å². The van der Waals surface area contributed by atoms with Crippen molar-refractivity contribution in [3.63, 3.8) is 0 Å². The zero-order valence-corrected chi connectivity index (χ0v) is 19.0. The van der Waals surface area contributed by atoms with Gasteiger partial charge in [0.1, 0.15) is 11.5 Å². The van der Waals surface area contributed by atoms with Gasteiger partial charge in [0, 0.05) is 5.69 Å². The molecule has 4 rings (SSSR count). The maximum atomic E-state index is 12.9. The van der Waals surface area contributed by atoms with E-state index in [0.717, 1.165) is 0 Å². The minimum Gasteiger partial charge on any atom is -0.484 e. The topological polar surface area (TPSA) is 111 Å². The van der Waals surface area contributed by atoms with Gasteiger partial charge in [-0.15, -0.1) is 0 Å². The number of benzene rings is 3. The first-order valence-corrected chi connectivity index (χ1v) is 11.8. The summed E-state index contributed by atoms with van der Waals surface area (Å²) in [6.07, 6.45) is -0.953. The van der Waals surface area contributed by atoms with Crippen LogP contribution in [0.2, 0.25) is 0 Å². The Kier molecular flexibility index (Phi) is 6.69. The van der Waals surface area contributed by atoms with Gasteiger partial charge < -0.3 is 19.1 Å². The summed E-state index contributed by atoms with van der Waals surface area (Å²) >= 11 is 0. The van der Waals surface area contributed by atoms with Crippen LogP contribution in [-0.4, -0.2) is 46.7 Å². The Labute approximate surface area is 196 Å². The molecule has 0 unspecified atom stereocenters. The highest BCUT2D eigenvalue weighted by Crippen LogP contribution is 2.33. The molecular weight excluding hydrogens is 460 g/mol. The Morgan fingerprint density at radius 1 is 1.00 bits per heavy atom. The number of nitrogens with zero attached hydrogens (tertiary/aromatic N) is 1. The first-order chi connectivity index (χ1) is 16.4. The van der Waals surface area contributed by atoms with E-state index in [9.17, 15) is 18.0 Å². The van der Waals surface area contributed by atoms with Gasteiger partial charge in [-0.3, -0.25) is 9.52 Å². The summed E-state index contributed by atoms with van der Waals surface area (Å²) in [4.78, 5) is 26.3. The molecule has 0 spiro atoms. The molecule has 10 heteroatoms. The maximum Gasteiger partial charge on any atom is 0.348 e. The number of methoxy groups -OCH3 is 1. The molecule has 0 fully saturated rings. The Hall–Kier alpha value is -4.05. The summed E-state index contributed by atoms with van der Waals surface area (Å²) in [5, 5.41) is 0. The first-order valence-electron chi connectivity index (χ1n) is 10.3. The summed E-state index contributed by atoms with van der Waals surface area (Å²) in [6.45, 7) is -0.342. The predicted molar refractivity (Wildman–Crippen MR) is 124 cm³/mol. The third-order valence-corrected chi connectivity index (χ3v) is 6.46. The second-order valence-corrected chi connectivity index (χ2v) is 9.02. The third kappa shape index (κ3) is 5.12. The predicted octanol–water partition coefficient (Wildman–Crippen LogP) is 2.83. The summed E-state index contributed by atoms with van der Waals surface area (Å²) < 4.78 is 43.6. The molecule has 1 amide bonds. The Morgan fingerprint density at radius 2 is 1.68 bits per heavy atom. The number of nitrogens with one attached hydrogen (secondary N) is 1. The minimum absolute atomic E-state index is 0.0196. The van der Waals surface area contributed by atoms with Crippen LogP contribution >= 0.6 is 0 Å². The van der Waals surface area contributed by atoms with E-state index in [0.29, 0.717) is 22.9 Å². The second-order valence-electron chi connectivity index (χ2n) is 7.33. The van der Waals surface area contributed by atoms with Crippen LogP contribution in [0.1, 0.15) is 0 Å². The number of hydrogen-bond acceptors (Lipinski definition) is 7. The molecule has 0 aromatic heterocycles. The molecule has 0 saturated heterocycles. The van der Waals surface area contributed by atoms with Crippen LogP contribution < -0.4 is 19.1 Å². The lowest BCUT2D eigenvalue weighted by atomic mass is 10.2. The van der Waals surface area contributed by atoms with E-state index < -0.39 is 28.0 Å². The van der Waals surface area contributed by atoms with Crippen molar-refractivity contribution < 1.29 is 32.2 Å². The van der Waals surface area contributed by atoms with Crippen LogP contribution in [0.15, 0.2) is 83.8 Å². The monoisotopic (exact) mass is 482 g/mol. The molecular formula is C24H22N2O7S. The number of sulfonamides is 1. The molecule has 0 saturated carbocycles. The second kappa shape index (κ2) is 9.84. The number of ether oxygens (including phenoxy) is 3.